The number of hydrogen-bond donors (Lipinski definition) is 2. The summed E-state index contributed by atoms with van der Waals surface area (Å²) in [5, 5.41) is 7.31. The highest BCUT2D eigenvalue weighted by atomic mass is 32.2. The molecular formula is C12H13FN4S2. The number of rotatable bonds is 5. The van der Waals surface area contributed by atoms with Gasteiger partial charge in [-0.15, -0.1) is 0 Å². The number of nitrogens with two attached hydrogens (primary N) is 1. The fourth-order valence-corrected chi connectivity index (χ4v) is 3.15. The predicted octanol–water partition coefficient (Wildman–Crippen LogP) is 2.82. The number of nitrogens with zero attached hydrogens (tertiary/aromatic N) is 2. The number of halogens is 1. The average Bonchev–Trinajstić information content (AvgIpc) is 2.85. The van der Waals surface area contributed by atoms with E-state index in [2.05, 4.69) is 9.36 Å². The van der Waals surface area contributed by atoms with E-state index < -0.39 is 5.82 Å². The van der Waals surface area contributed by atoms with Crippen LogP contribution in [0.15, 0.2) is 22.5 Å². The minimum atomic E-state index is -0.428. The number of hydrogen-bond acceptors (Lipinski definition) is 5. The molecule has 0 fully saturated rings. The van der Waals surface area contributed by atoms with Gasteiger partial charge in [-0.05, 0) is 23.2 Å². The first-order valence-electron chi connectivity index (χ1n) is 5.69. The molecule has 0 saturated carbocycles. The van der Waals surface area contributed by atoms with Crippen LogP contribution in [0.1, 0.15) is 23.9 Å². The molecule has 0 unspecified atom stereocenters. The highest BCUT2D eigenvalue weighted by molar-refractivity contribution is 8.00. The van der Waals surface area contributed by atoms with Crippen LogP contribution in [0.25, 0.3) is 0 Å². The molecule has 0 aliphatic heterocycles. The molecule has 2 rings (SSSR count). The van der Waals surface area contributed by atoms with Crippen molar-refractivity contribution in [3.63, 3.8) is 0 Å². The SMILES string of the molecule is CCc1nsc(SCc2cccc(C(=N)N)c2F)n1. The molecule has 4 nitrogen and oxygen atoms in total. The topological polar surface area (TPSA) is 75.7 Å². The molecule has 0 aliphatic carbocycles. The van der Waals surface area contributed by atoms with Gasteiger partial charge in [0.05, 0.1) is 5.56 Å². The van der Waals surface area contributed by atoms with Gasteiger partial charge in [-0.1, -0.05) is 30.8 Å². The van der Waals surface area contributed by atoms with Gasteiger partial charge >= 0.3 is 0 Å². The third kappa shape index (κ3) is 3.30. The first-order chi connectivity index (χ1) is 9.11. The van der Waals surface area contributed by atoms with E-state index in [1.54, 1.807) is 12.1 Å². The number of aromatic nitrogens is 2. The Morgan fingerprint density at radius 2 is 2.32 bits per heavy atom. The van der Waals surface area contributed by atoms with Crippen LogP contribution in [0.5, 0.6) is 0 Å². The zero-order chi connectivity index (χ0) is 13.8. The molecular weight excluding hydrogens is 283 g/mol. The molecule has 0 spiro atoms. The third-order valence-corrected chi connectivity index (χ3v) is 4.41. The lowest BCUT2D eigenvalue weighted by atomic mass is 10.1. The second-order valence-corrected chi connectivity index (χ2v) is 5.79. The first-order valence-corrected chi connectivity index (χ1v) is 7.45. The normalized spacial score (nSPS) is 10.6. The van der Waals surface area contributed by atoms with Crippen LogP contribution in [0, 0.1) is 11.2 Å². The lowest BCUT2D eigenvalue weighted by Gasteiger charge is -2.05. The van der Waals surface area contributed by atoms with E-state index in [9.17, 15) is 4.39 Å². The third-order valence-electron chi connectivity index (χ3n) is 2.49. The van der Waals surface area contributed by atoms with Gasteiger partial charge in [0.15, 0.2) is 4.34 Å². The van der Waals surface area contributed by atoms with Crippen LogP contribution in [-0.4, -0.2) is 15.2 Å². The fraction of sp³-hybridized carbons (Fsp3) is 0.250. The number of amidine groups is 1. The quantitative estimate of drug-likeness (QED) is 0.505. The van der Waals surface area contributed by atoms with Gasteiger partial charge in [-0.3, -0.25) is 5.41 Å². The van der Waals surface area contributed by atoms with Crippen molar-refractivity contribution in [1.29, 1.82) is 5.41 Å². The van der Waals surface area contributed by atoms with Crippen LogP contribution in [0.3, 0.4) is 0 Å². The standard InChI is InChI=1S/C12H13FN4S2/c1-2-9-16-12(19-17-9)18-6-7-4-3-5-8(10(7)13)11(14)15/h3-5H,2,6H2,1H3,(H3,14,15). The van der Waals surface area contributed by atoms with Crippen molar-refractivity contribution >= 4 is 29.1 Å². The molecule has 100 valence electrons. The minimum absolute atomic E-state index is 0.143. The highest BCUT2D eigenvalue weighted by Gasteiger charge is 2.11. The Morgan fingerprint density at radius 1 is 1.53 bits per heavy atom. The van der Waals surface area contributed by atoms with Crippen LogP contribution >= 0.6 is 23.3 Å². The molecule has 0 saturated heterocycles. The molecule has 0 bridgehead atoms. The molecule has 7 heteroatoms. The van der Waals surface area contributed by atoms with Gasteiger partial charge in [0.25, 0.3) is 0 Å². The summed E-state index contributed by atoms with van der Waals surface area (Å²) in [5.74, 6) is 0.576. The van der Waals surface area contributed by atoms with Crippen molar-refractivity contribution in [3.05, 3.63) is 41.0 Å². The average molecular weight is 296 g/mol. The summed E-state index contributed by atoms with van der Waals surface area (Å²) in [6.45, 7) is 1.99. The van der Waals surface area contributed by atoms with Gasteiger partial charge in [0.2, 0.25) is 0 Å². The molecule has 1 aromatic heterocycles. The predicted molar refractivity (Wildman–Crippen MR) is 76.3 cm³/mol. The molecule has 3 N–H and O–H groups in total. The zero-order valence-electron chi connectivity index (χ0n) is 10.3. The van der Waals surface area contributed by atoms with Crippen LogP contribution in [-0.2, 0) is 12.2 Å². The molecule has 0 atom stereocenters. The van der Waals surface area contributed by atoms with Crippen molar-refractivity contribution in [3.8, 4) is 0 Å². The van der Waals surface area contributed by atoms with E-state index in [0.29, 0.717) is 11.3 Å². The monoisotopic (exact) mass is 296 g/mol. The number of benzene rings is 1. The Bertz CT molecular complexity index is 597. The van der Waals surface area contributed by atoms with E-state index in [1.165, 1.54) is 29.4 Å². The summed E-state index contributed by atoms with van der Waals surface area (Å²) in [7, 11) is 0. The molecule has 1 aromatic carbocycles. The van der Waals surface area contributed by atoms with E-state index in [4.69, 9.17) is 11.1 Å². The van der Waals surface area contributed by atoms with Gasteiger partial charge < -0.3 is 5.73 Å². The van der Waals surface area contributed by atoms with E-state index in [0.717, 1.165) is 16.6 Å². The summed E-state index contributed by atoms with van der Waals surface area (Å²) in [4.78, 5) is 4.31. The molecule has 19 heavy (non-hydrogen) atoms. The highest BCUT2D eigenvalue weighted by Crippen LogP contribution is 2.26. The molecule has 2 aromatic rings. The number of nitrogens with one attached hydrogen (secondary N) is 1. The summed E-state index contributed by atoms with van der Waals surface area (Å²) in [5.41, 5.74) is 5.99. The number of nitrogen functional groups attached to an aromatic ring is 1. The molecule has 0 aliphatic rings. The van der Waals surface area contributed by atoms with Gasteiger partial charge in [-0.25, -0.2) is 9.37 Å². The van der Waals surface area contributed by atoms with Crippen molar-refractivity contribution in [1.82, 2.24) is 9.36 Å². The van der Waals surface area contributed by atoms with E-state index in [-0.39, 0.29) is 11.4 Å². The van der Waals surface area contributed by atoms with Crippen LogP contribution in [0.4, 0.5) is 4.39 Å². The largest absolute Gasteiger partial charge is 0.384 e. The lowest BCUT2D eigenvalue weighted by Crippen LogP contribution is -2.14. The van der Waals surface area contributed by atoms with Crippen molar-refractivity contribution < 1.29 is 4.39 Å². The molecule has 0 radical (unpaired) electrons. The zero-order valence-corrected chi connectivity index (χ0v) is 11.9. The van der Waals surface area contributed by atoms with Crippen molar-refractivity contribution in [2.24, 2.45) is 5.73 Å². The van der Waals surface area contributed by atoms with Crippen LogP contribution < -0.4 is 5.73 Å². The Morgan fingerprint density at radius 3 is 2.95 bits per heavy atom. The summed E-state index contributed by atoms with van der Waals surface area (Å²) in [6.07, 6.45) is 0.797. The minimum Gasteiger partial charge on any atom is -0.384 e. The smallest absolute Gasteiger partial charge is 0.170 e. The number of aryl methyl sites for hydroxylation is 1. The van der Waals surface area contributed by atoms with Crippen LogP contribution in [0.2, 0.25) is 0 Å². The molecule has 0 amide bonds. The summed E-state index contributed by atoms with van der Waals surface area (Å²) < 4.78 is 19.0. The maximum atomic E-state index is 14.0. The van der Waals surface area contributed by atoms with Crippen molar-refractivity contribution in [2.75, 3.05) is 0 Å². The van der Waals surface area contributed by atoms with Gasteiger partial charge in [-0.2, -0.15) is 4.37 Å². The Kier molecular flexibility index (Phi) is 4.49. The fourth-order valence-electron chi connectivity index (χ4n) is 1.48. The van der Waals surface area contributed by atoms with Crippen molar-refractivity contribution in [2.45, 2.75) is 23.4 Å². The Hall–Kier alpha value is -1.47. The summed E-state index contributed by atoms with van der Waals surface area (Å²) >= 11 is 2.76. The number of thioether (sulfide) groups is 1. The Balaban J connectivity index is 2.11. The lowest BCUT2D eigenvalue weighted by molar-refractivity contribution is 0.614. The second-order valence-electron chi connectivity index (χ2n) is 3.81. The maximum absolute atomic E-state index is 14.0. The van der Waals surface area contributed by atoms with Gasteiger partial charge in [0.1, 0.15) is 17.5 Å². The second kappa shape index (κ2) is 6.12. The summed E-state index contributed by atoms with van der Waals surface area (Å²) in [6, 6.07) is 4.90. The first kappa shape index (κ1) is 14.0. The maximum Gasteiger partial charge on any atom is 0.170 e. The molecule has 1 heterocycles. The Labute approximate surface area is 118 Å². The van der Waals surface area contributed by atoms with Gasteiger partial charge in [0, 0.05) is 12.2 Å². The van der Waals surface area contributed by atoms with E-state index >= 15 is 0 Å². The van der Waals surface area contributed by atoms with E-state index in [1.807, 2.05) is 6.92 Å².